The van der Waals surface area contributed by atoms with Gasteiger partial charge in [-0.2, -0.15) is 0 Å². The predicted octanol–water partition coefficient (Wildman–Crippen LogP) is 4.56. The van der Waals surface area contributed by atoms with E-state index in [2.05, 4.69) is 0 Å². The number of anilines is 1. The first kappa shape index (κ1) is 22.0. The van der Waals surface area contributed by atoms with E-state index in [-0.39, 0.29) is 17.8 Å². The molecule has 166 valence electrons. The van der Waals surface area contributed by atoms with Crippen molar-refractivity contribution in [2.45, 2.75) is 26.3 Å². The predicted molar refractivity (Wildman–Crippen MR) is 125 cm³/mol. The molecule has 3 aromatic carbocycles. The number of ketones is 1. The Labute approximate surface area is 191 Å². The van der Waals surface area contributed by atoms with Crippen molar-refractivity contribution < 1.29 is 24.6 Å². The summed E-state index contributed by atoms with van der Waals surface area (Å²) in [6.07, 6.45) is -0.145. The summed E-state index contributed by atoms with van der Waals surface area (Å²) in [6, 6.07) is 20.3. The number of nitrogens with zero attached hydrogens (tertiary/aromatic N) is 1. The lowest BCUT2D eigenvalue weighted by Gasteiger charge is -2.25. The molecule has 1 unspecified atom stereocenters. The number of benzene rings is 3. The molecule has 1 saturated heterocycles. The number of aryl methyl sites for hydroxylation is 2. The fraction of sp³-hybridized carbons (Fsp3) is 0.148. The number of aliphatic carboxylic acids is 1. The summed E-state index contributed by atoms with van der Waals surface area (Å²) in [5.41, 5.74) is 3.93. The van der Waals surface area contributed by atoms with E-state index in [1.165, 1.54) is 4.90 Å². The maximum absolute atomic E-state index is 13.2. The number of hydrogen-bond donors (Lipinski definition) is 2. The molecule has 1 atom stereocenters. The normalized spacial score (nSPS) is 17.4. The molecule has 0 bridgehead atoms. The van der Waals surface area contributed by atoms with Gasteiger partial charge in [0.05, 0.1) is 18.0 Å². The fourth-order valence-corrected chi connectivity index (χ4v) is 4.13. The van der Waals surface area contributed by atoms with Crippen molar-refractivity contribution in [1.29, 1.82) is 0 Å². The number of rotatable bonds is 5. The molecule has 0 aromatic heterocycles. The van der Waals surface area contributed by atoms with Gasteiger partial charge in [0.2, 0.25) is 0 Å². The van der Waals surface area contributed by atoms with Gasteiger partial charge in [-0.25, -0.2) is 0 Å². The first-order valence-corrected chi connectivity index (χ1v) is 10.5. The summed E-state index contributed by atoms with van der Waals surface area (Å²) in [5, 5.41) is 20.3. The molecular weight excluding hydrogens is 418 g/mol. The molecule has 6 heteroatoms. The van der Waals surface area contributed by atoms with Gasteiger partial charge in [-0.1, -0.05) is 60.2 Å². The molecule has 1 fully saturated rings. The van der Waals surface area contributed by atoms with Crippen molar-refractivity contribution in [3.8, 4) is 0 Å². The Morgan fingerprint density at radius 1 is 0.909 bits per heavy atom. The summed E-state index contributed by atoms with van der Waals surface area (Å²) in [4.78, 5) is 38.8. The highest BCUT2D eigenvalue weighted by atomic mass is 16.4. The van der Waals surface area contributed by atoms with Gasteiger partial charge < -0.3 is 10.2 Å². The molecule has 1 aliphatic heterocycles. The zero-order valence-corrected chi connectivity index (χ0v) is 18.3. The first-order chi connectivity index (χ1) is 15.8. The summed E-state index contributed by atoms with van der Waals surface area (Å²) < 4.78 is 0. The van der Waals surface area contributed by atoms with E-state index in [9.17, 15) is 19.5 Å². The number of aliphatic hydroxyl groups excluding tert-OH is 1. The minimum atomic E-state index is -0.957. The van der Waals surface area contributed by atoms with E-state index >= 15 is 0 Å². The Morgan fingerprint density at radius 3 is 2.21 bits per heavy atom. The molecule has 1 amide bonds. The Morgan fingerprint density at radius 2 is 1.58 bits per heavy atom. The third-order valence-corrected chi connectivity index (χ3v) is 5.78. The van der Waals surface area contributed by atoms with Gasteiger partial charge in [-0.3, -0.25) is 19.3 Å². The van der Waals surface area contributed by atoms with Gasteiger partial charge in [0.15, 0.2) is 0 Å². The van der Waals surface area contributed by atoms with Crippen LogP contribution in [0.2, 0.25) is 0 Å². The van der Waals surface area contributed by atoms with Crippen LogP contribution >= 0.6 is 0 Å². The molecule has 0 spiro atoms. The second kappa shape index (κ2) is 8.74. The van der Waals surface area contributed by atoms with E-state index in [4.69, 9.17) is 5.11 Å². The van der Waals surface area contributed by atoms with Gasteiger partial charge in [0.1, 0.15) is 5.76 Å². The number of carbonyl (C=O) groups excluding carboxylic acids is 2. The number of Topliss-reactive ketones (excluding diaryl/α,β-unsaturated/α-hetero) is 1. The van der Waals surface area contributed by atoms with E-state index in [0.717, 1.165) is 11.1 Å². The van der Waals surface area contributed by atoms with Gasteiger partial charge in [-0.15, -0.1) is 0 Å². The maximum Gasteiger partial charge on any atom is 0.307 e. The molecular formula is C27H23NO5. The smallest absolute Gasteiger partial charge is 0.307 e. The summed E-state index contributed by atoms with van der Waals surface area (Å²) in [5.74, 6) is -2.69. The van der Waals surface area contributed by atoms with Gasteiger partial charge in [-0.05, 0) is 48.7 Å². The molecule has 0 radical (unpaired) electrons. The Bertz CT molecular complexity index is 1280. The Balaban J connectivity index is 1.89. The number of aliphatic hydroxyl groups is 1. The van der Waals surface area contributed by atoms with Crippen LogP contribution in [-0.4, -0.2) is 27.9 Å². The topological polar surface area (TPSA) is 94.9 Å². The lowest BCUT2D eigenvalue weighted by molar-refractivity contribution is -0.136. The highest BCUT2D eigenvalue weighted by Crippen LogP contribution is 2.42. The van der Waals surface area contributed by atoms with E-state index in [0.29, 0.717) is 22.4 Å². The van der Waals surface area contributed by atoms with Crippen molar-refractivity contribution >= 4 is 29.1 Å². The highest BCUT2D eigenvalue weighted by Gasteiger charge is 2.47. The number of hydrogen-bond acceptors (Lipinski definition) is 4. The summed E-state index contributed by atoms with van der Waals surface area (Å²) in [7, 11) is 0. The van der Waals surface area contributed by atoms with E-state index < -0.39 is 23.7 Å². The van der Waals surface area contributed by atoms with Gasteiger partial charge in [0.25, 0.3) is 11.7 Å². The zero-order chi connectivity index (χ0) is 23.7. The van der Waals surface area contributed by atoms with E-state index in [1.54, 1.807) is 42.5 Å². The standard InChI is InChI=1S/C27H23NO5/c1-16-8-9-17(2)21(14-16)25(31)23-24(19-6-4-3-5-7-19)28(27(33)26(23)32)20-12-10-18(11-13-20)15-22(29)30/h3-14,24,31H,15H2,1-2H3,(H,29,30)/b25-23+. The van der Waals surface area contributed by atoms with Crippen molar-refractivity contribution in [3.63, 3.8) is 0 Å². The Hall–Kier alpha value is -4.19. The van der Waals surface area contributed by atoms with Crippen molar-refractivity contribution in [2.24, 2.45) is 0 Å². The SMILES string of the molecule is Cc1ccc(C)c(/C(O)=C2\C(=O)C(=O)N(c3ccc(CC(=O)O)cc3)C2c2ccccc2)c1. The van der Waals surface area contributed by atoms with E-state index in [1.807, 2.05) is 44.2 Å². The zero-order valence-electron chi connectivity index (χ0n) is 18.3. The maximum atomic E-state index is 13.2. The molecule has 6 nitrogen and oxygen atoms in total. The third-order valence-electron chi connectivity index (χ3n) is 5.78. The number of carboxylic acids is 1. The van der Waals surface area contributed by atoms with Crippen molar-refractivity contribution in [1.82, 2.24) is 0 Å². The quantitative estimate of drug-likeness (QED) is 0.344. The fourth-order valence-electron chi connectivity index (χ4n) is 4.13. The van der Waals surface area contributed by atoms with Gasteiger partial charge in [0, 0.05) is 11.3 Å². The number of carbonyl (C=O) groups is 3. The van der Waals surface area contributed by atoms with Crippen molar-refractivity contribution in [3.05, 3.63) is 106 Å². The number of amides is 1. The Kier molecular flexibility index (Phi) is 5.84. The minimum absolute atomic E-state index is 0.0227. The van der Waals surface area contributed by atoms with Crippen molar-refractivity contribution in [2.75, 3.05) is 4.90 Å². The van der Waals surface area contributed by atoms with Crippen LogP contribution in [0.3, 0.4) is 0 Å². The highest BCUT2D eigenvalue weighted by molar-refractivity contribution is 6.51. The molecule has 2 N–H and O–H groups in total. The summed E-state index contributed by atoms with van der Waals surface area (Å²) >= 11 is 0. The van der Waals surface area contributed by atoms with Crippen LogP contribution in [0.25, 0.3) is 5.76 Å². The molecule has 0 aliphatic carbocycles. The van der Waals surface area contributed by atoms with Crippen LogP contribution in [0.15, 0.2) is 78.4 Å². The molecule has 0 saturated carbocycles. The second-order valence-electron chi connectivity index (χ2n) is 8.14. The molecule has 33 heavy (non-hydrogen) atoms. The second-order valence-corrected chi connectivity index (χ2v) is 8.14. The van der Waals surface area contributed by atoms with Crippen LogP contribution in [0, 0.1) is 13.8 Å². The average Bonchev–Trinajstić information content (AvgIpc) is 3.06. The lowest BCUT2D eigenvalue weighted by Crippen LogP contribution is -2.29. The molecule has 3 aromatic rings. The summed E-state index contributed by atoms with van der Waals surface area (Å²) in [6.45, 7) is 3.73. The minimum Gasteiger partial charge on any atom is -0.507 e. The molecule has 4 rings (SSSR count). The van der Waals surface area contributed by atoms with Crippen LogP contribution in [0.5, 0.6) is 0 Å². The molecule has 1 aliphatic rings. The van der Waals surface area contributed by atoms with Gasteiger partial charge >= 0.3 is 5.97 Å². The monoisotopic (exact) mass is 441 g/mol. The third kappa shape index (κ3) is 4.15. The number of carboxylic acid groups (broad SMARTS) is 1. The lowest BCUT2D eigenvalue weighted by atomic mass is 9.93. The first-order valence-electron chi connectivity index (χ1n) is 10.5. The van der Waals surface area contributed by atoms with Crippen LogP contribution < -0.4 is 4.90 Å². The van der Waals surface area contributed by atoms with Crippen LogP contribution in [0.4, 0.5) is 5.69 Å². The average molecular weight is 441 g/mol. The van der Waals surface area contributed by atoms with Crippen LogP contribution in [0.1, 0.15) is 33.9 Å². The molecule has 1 heterocycles. The van der Waals surface area contributed by atoms with Crippen LogP contribution in [-0.2, 0) is 20.8 Å². The largest absolute Gasteiger partial charge is 0.507 e.